The van der Waals surface area contributed by atoms with Crippen molar-refractivity contribution in [2.75, 3.05) is 20.8 Å². The number of carbonyl (C=O) groups is 1. The van der Waals surface area contributed by atoms with Gasteiger partial charge in [-0.3, -0.25) is 4.79 Å². The molecule has 1 rings (SSSR count). The summed E-state index contributed by atoms with van der Waals surface area (Å²) in [5, 5.41) is 13.0. The second-order valence-corrected chi connectivity index (χ2v) is 4.03. The molecule has 102 valence electrons. The van der Waals surface area contributed by atoms with E-state index in [9.17, 15) is 4.79 Å². The SMILES string of the molecule is COCCC(CC(=O)OC)c1noc(CO)c1C. The first-order valence-electron chi connectivity index (χ1n) is 5.75. The minimum atomic E-state index is -0.302. The zero-order valence-corrected chi connectivity index (χ0v) is 10.9. The number of aliphatic hydroxyl groups excluding tert-OH is 1. The lowest BCUT2D eigenvalue weighted by Gasteiger charge is -2.13. The average Bonchev–Trinajstić information content (AvgIpc) is 2.75. The number of hydrogen-bond acceptors (Lipinski definition) is 6. The maximum atomic E-state index is 11.4. The molecule has 18 heavy (non-hydrogen) atoms. The monoisotopic (exact) mass is 257 g/mol. The van der Waals surface area contributed by atoms with Crippen molar-refractivity contribution in [3.8, 4) is 0 Å². The Labute approximate surface area is 106 Å². The first kappa shape index (κ1) is 14.7. The summed E-state index contributed by atoms with van der Waals surface area (Å²) in [5.74, 6) is 0.00258. The highest BCUT2D eigenvalue weighted by molar-refractivity contribution is 5.70. The van der Waals surface area contributed by atoms with Crippen molar-refractivity contribution in [1.29, 1.82) is 0 Å². The lowest BCUT2D eigenvalue weighted by atomic mass is 9.94. The summed E-state index contributed by atoms with van der Waals surface area (Å²) in [4.78, 5) is 11.4. The fourth-order valence-electron chi connectivity index (χ4n) is 1.79. The molecule has 0 amide bonds. The van der Waals surface area contributed by atoms with E-state index in [4.69, 9.17) is 14.4 Å². The minimum absolute atomic E-state index is 0.124. The molecule has 0 saturated carbocycles. The van der Waals surface area contributed by atoms with E-state index in [0.29, 0.717) is 24.5 Å². The smallest absolute Gasteiger partial charge is 0.306 e. The van der Waals surface area contributed by atoms with Crippen LogP contribution in [0.1, 0.15) is 35.8 Å². The van der Waals surface area contributed by atoms with Gasteiger partial charge >= 0.3 is 5.97 Å². The Bertz CT molecular complexity index is 388. The molecule has 1 atom stereocenters. The van der Waals surface area contributed by atoms with Gasteiger partial charge in [0.1, 0.15) is 6.61 Å². The Morgan fingerprint density at radius 3 is 2.72 bits per heavy atom. The molecule has 0 radical (unpaired) electrons. The largest absolute Gasteiger partial charge is 0.469 e. The van der Waals surface area contributed by atoms with Crippen LogP contribution in [-0.2, 0) is 20.9 Å². The Kier molecular flexibility index (Phi) is 5.80. The van der Waals surface area contributed by atoms with Gasteiger partial charge in [-0.25, -0.2) is 0 Å². The molecule has 0 saturated heterocycles. The summed E-state index contributed by atoms with van der Waals surface area (Å²) < 4.78 is 14.7. The molecule has 0 spiro atoms. The van der Waals surface area contributed by atoms with Gasteiger partial charge in [0, 0.05) is 25.2 Å². The van der Waals surface area contributed by atoms with Crippen LogP contribution in [0.3, 0.4) is 0 Å². The Morgan fingerprint density at radius 1 is 1.50 bits per heavy atom. The van der Waals surface area contributed by atoms with Crippen LogP contribution in [0.4, 0.5) is 0 Å². The molecule has 0 bridgehead atoms. The van der Waals surface area contributed by atoms with Crippen LogP contribution >= 0.6 is 0 Å². The predicted octanol–water partition coefficient (Wildman–Crippen LogP) is 1.16. The molecule has 6 heteroatoms. The van der Waals surface area contributed by atoms with Crippen molar-refractivity contribution in [3.63, 3.8) is 0 Å². The highest BCUT2D eigenvalue weighted by atomic mass is 16.5. The predicted molar refractivity (Wildman–Crippen MR) is 63.0 cm³/mol. The minimum Gasteiger partial charge on any atom is -0.469 e. The molecule has 0 aliphatic heterocycles. The van der Waals surface area contributed by atoms with Crippen molar-refractivity contribution in [2.45, 2.75) is 32.3 Å². The van der Waals surface area contributed by atoms with Gasteiger partial charge in [-0.2, -0.15) is 0 Å². The summed E-state index contributed by atoms with van der Waals surface area (Å²) in [5.41, 5.74) is 1.46. The zero-order chi connectivity index (χ0) is 13.5. The van der Waals surface area contributed by atoms with Gasteiger partial charge in [0.05, 0.1) is 19.2 Å². The molecule has 0 aromatic carbocycles. The highest BCUT2D eigenvalue weighted by Crippen LogP contribution is 2.27. The lowest BCUT2D eigenvalue weighted by molar-refractivity contribution is -0.141. The second-order valence-electron chi connectivity index (χ2n) is 4.03. The number of nitrogens with zero attached hydrogens (tertiary/aromatic N) is 1. The van der Waals surface area contributed by atoms with Crippen LogP contribution in [0.25, 0.3) is 0 Å². The molecule has 6 nitrogen and oxygen atoms in total. The number of aliphatic hydroxyl groups is 1. The number of carbonyl (C=O) groups excluding carboxylic acids is 1. The van der Waals surface area contributed by atoms with Crippen molar-refractivity contribution < 1.29 is 23.9 Å². The number of methoxy groups -OCH3 is 2. The first-order chi connectivity index (χ1) is 8.63. The molecule has 1 heterocycles. The summed E-state index contributed by atoms with van der Waals surface area (Å²) in [6.45, 7) is 2.13. The van der Waals surface area contributed by atoms with Crippen LogP contribution < -0.4 is 0 Å². The molecule has 1 N–H and O–H groups in total. The third kappa shape index (κ3) is 3.54. The number of rotatable bonds is 7. The molecule has 0 aliphatic rings. The number of aromatic nitrogens is 1. The standard InChI is InChI=1S/C12H19NO5/c1-8-10(7-14)18-13-12(8)9(4-5-16-2)6-11(15)17-3/h9,14H,4-7H2,1-3H3. The van der Waals surface area contributed by atoms with Gasteiger partial charge < -0.3 is 19.1 Å². The lowest BCUT2D eigenvalue weighted by Crippen LogP contribution is -2.12. The Morgan fingerprint density at radius 2 is 2.22 bits per heavy atom. The van der Waals surface area contributed by atoms with Gasteiger partial charge in [-0.15, -0.1) is 0 Å². The van der Waals surface area contributed by atoms with Crippen LogP contribution in [0, 0.1) is 6.92 Å². The first-order valence-corrected chi connectivity index (χ1v) is 5.75. The molecular formula is C12H19NO5. The Hall–Kier alpha value is -1.40. The highest BCUT2D eigenvalue weighted by Gasteiger charge is 2.23. The maximum absolute atomic E-state index is 11.4. The molecule has 0 aliphatic carbocycles. The van der Waals surface area contributed by atoms with E-state index in [1.54, 1.807) is 7.11 Å². The number of ether oxygens (including phenoxy) is 2. The van der Waals surface area contributed by atoms with E-state index in [-0.39, 0.29) is 24.9 Å². The van der Waals surface area contributed by atoms with Crippen LogP contribution in [0.15, 0.2) is 4.52 Å². The maximum Gasteiger partial charge on any atom is 0.306 e. The van der Waals surface area contributed by atoms with Crippen molar-refractivity contribution in [1.82, 2.24) is 5.16 Å². The summed E-state index contributed by atoms with van der Waals surface area (Å²) in [6, 6.07) is 0. The van der Waals surface area contributed by atoms with Gasteiger partial charge in [-0.05, 0) is 13.3 Å². The van der Waals surface area contributed by atoms with E-state index in [2.05, 4.69) is 9.89 Å². The molecule has 1 unspecified atom stereocenters. The van der Waals surface area contributed by atoms with E-state index in [0.717, 1.165) is 5.56 Å². The van der Waals surface area contributed by atoms with Gasteiger partial charge in [-0.1, -0.05) is 5.16 Å². The fraction of sp³-hybridized carbons (Fsp3) is 0.667. The molecular weight excluding hydrogens is 238 g/mol. The van der Waals surface area contributed by atoms with E-state index >= 15 is 0 Å². The molecule has 0 fully saturated rings. The van der Waals surface area contributed by atoms with Crippen molar-refractivity contribution in [2.24, 2.45) is 0 Å². The average molecular weight is 257 g/mol. The normalized spacial score (nSPS) is 12.4. The van der Waals surface area contributed by atoms with Gasteiger partial charge in [0.25, 0.3) is 0 Å². The summed E-state index contributed by atoms with van der Waals surface area (Å²) in [7, 11) is 2.95. The van der Waals surface area contributed by atoms with Crippen molar-refractivity contribution >= 4 is 5.97 Å². The van der Waals surface area contributed by atoms with E-state index in [1.165, 1.54) is 7.11 Å². The van der Waals surface area contributed by atoms with Gasteiger partial charge in [0.2, 0.25) is 0 Å². The van der Waals surface area contributed by atoms with Crippen LogP contribution in [0.2, 0.25) is 0 Å². The third-order valence-corrected chi connectivity index (χ3v) is 2.90. The Balaban J connectivity index is 2.86. The molecule has 1 aromatic rings. The van der Waals surface area contributed by atoms with E-state index < -0.39 is 0 Å². The second kappa shape index (κ2) is 7.13. The van der Waals surface area contributed by atoms with Crippen LogP contribution in [0.5, 0.6) is 0 Å². The molecule has 1 aromatic heterocycles. The fourth-order valence-corrected chi connectivity index (χ4v) is 1.79. The quantitative estimate of drug-likeness (QED) is 0.738. The number of esters is 1. The van der Waals surface area contributed by atoms with Gasteiger partial charge in [0.15, 0.2) is 5.76 Å². The third-order valence-electron chi connectivity index (χ3n) is 2.90. The topological polar surface area (TPSA) is 81.8 Å². The van der Waals surface area contributed by atoms with Crippen LogP contribution in [-0.4, -0.2) is 37.1 Å². The summed E-state index contributed by atoms with van der Waals surface area (Å²) >= 11 is 0. The zero-order valence-electron chi connectivity index (χ0n) is 10.9. The van der Waals surface area contributed by atoms with E-state index in [1.807, 2.05) is 6.92 Å². The van der Waals surface area contributed by atoms with Crippen molar-refractivity contribution in [3.05, 3.63) is 17.0 Å². The number of hydrogen-bond donors (Lipinski definition) is 1. The summed E-state index contributed by atoms with van der Waals surface area (Å²) in [6.07, 6.45) is 0.863.